The molecule has 4 N–H and O–H groups in total. The predicted molar refractivity (Wildman–Crippen MR) is 136 cm³/mol. The Kier molecular flexibility index (Phi) is 6.28. The van der Waals surface area contributed by atoms with E-state index in [9.17, 15) is 13.2 Å². The zero-order valence-electron chi connectivity index (χ0n) is 18.9. The molecule has 1 fully saturated rings. The van der Waals surface area contributed by atoms with Crippen LogP contribution in [0.3, 0.4) is 0 Å². The quantitative estimate of drug-likeness (QED) is 0.378. The number of rotatable bonds is 6. The molecule has 10 nitrogen and oxygen atoms in total. The molecule has 1 aliphatic heterocycles. The summed E-state index contributed by atoms with van der Waals surface area (Å²) in [5, 5.41) is 10.4. The molecule has 3 aromatic rings. The second-order valence-corrected chi connectivity index (χ2v) is 11.5. The minimum atomic E-state index is -3.30. The number of aliphatic imine (C=N–C) groups is 1. The highest BCUT2D eigenvalue weighted by Gasteiger charge is 2.45. The molecule has 1 aromatic carbocycles. The summed E-state index contributed by atoms with van der Waals surface area (Å²) >= 11 is 13.3. The van der Waals surface area contributed by atoms with Crippen LogP contribution < -0.4 is 20.9 Å². The minimum Gasteiger partial charge on any atom is -0.355 e. The van der Waals surface area contributed by atoms with Gasteiger partial charge in [0.2, 0.25) is 10.0 Å². The monoisotopic (exact) mass is 537 g/mol. The second-order valence-electron chi connectivity index (χ2n) is 8.97. The van der Waals surface area contributed by atoms with E-state index in [0.717, 1.165) is 36.8 Å². The van der Waals surface area contributed by atoms with Crippen molar-refractivity contribution in [1.82, 2.24) is 30.0 Å². The normalized spacial score (nSPS) is 19.6. The molecule has 35 heavy (non-hydrogen) atoms. The van der Waals surface area contributed by atoms with Crippen molar-refractivity contribution in [2.24, 2.45) is 4.99 Å². The first-order valence-electron chi connectivity index (χ1n) is 11.2. The molecule has 2 aliphatic rings. The third-order valence-corrected chi connectivity index (χ3v) is 7.94. The van der Waals surface area contributed by atoms with Crippen molar-refractivity contribution in [2.45, 2.75) is 37.3 Å². The lowest BCUT2D eigenvalue weighted by Crippen LogP contribution is -2.52. The van der Waals surface area contributed by atoms with Crippen LogP contribution in [0.25, 0.3) is 5.65 Å². The van der Waals surface area contributed by atoms with Crippen molar-refractivity contribution in [3.05, 3.63) is 67.7 Å². The Morgan fingerprint density at radius 2 is 2.03 bits per heavy atom. The molecule has 0 saturated heterocycles. The molecule has 0 bridgehead atoms. The number of hydrogen-bond donors (Lipinski definition) is 4. The van der Waals surface area contributed by atoms with Gasteiger partial charge in [0.1, 0.15) is 5.02 Å². The minimum absolute atomic E-state index is 0.244. The molecule has 3 heterocycles. The van der Waals surface area contributed by atoms with Gasteiger partial charge >= 0.3 is 0 Å². The van der Waals surface area contributed by atoms with Crippen molar-refractivity contribution in [1.29, 1.82) is 0 Å². The van der Waals surface area contributed by atoms with Gasteiger partial charge in [-0.25, -0.2) is 18.1 Å². The molecular formula is C22H25Cl2N7O3S. The van der Waals surface area contributed by atoms with Crippen LogP contribution >= 0.6 is 23.2 Å². The van der Waals surface area contributed by atoms with Gasteiger partial charge in [-0.2, -0.15) is 4.52 Å². The Balaban J connectivity index is 1.39. The Morgan fingerprint density at radius 1 is 1.26 bits per heavy atom. The maximum atomic E-state index is 12.9. The molecule has 0 amide bonds. The number of nitrogens with one attached hydrogen (secondary N) is 4. The Morgan fingerprint density at radius 3 is 2.66 bits per heavy atom. The van der Waals surface area contributed by atoms with E-state index < -0.39 is 10.0 Å². The molecule has 1 aliphatic carbocycles. The van der Waals surface area contributed by atoms with E-state index in [4.69, 9.17) is 23.2 Å². The van der Waals surface area contributed by atoms with Crippen molar-refractivity contribution in [3.63, 3.8) is 0 Å². The Labute approximate surface area is 212 Å². The van der Waals surface area contributed by atoms with Crippen LogP contribution in [0, 0.1) is 0 Å². The fourth-order valence-corrected chi connectivity index (χ4v) is 6.15. The SMILES string of the molecule is CS(=O)(=O)NC1CN=C(NCc2cc(=O)n3[nH]c(C4(c5ccccc5Cl)CCC4)c(Cl)c3n2)NC1. The molecule has 0 spiro atoms. The van der Waals surface area contributed by atoms with Crippen LogP contribution in [-0.4, -0.2) is 54.4 Å². The average molecular weight is 538 g/mol. The number of hydrogen-bond acceptors (Lipinski definition) is 7. The summed E-state index contributed by atoms with van der Waals surface area (Å²) in [5.74, 6) is 0.506. The number of sulfonamides is 1. The molecule has 1 unspecified atom stereocenters. The molecule has 1 saturated carbocycles. The Bertz CT molecular complexity index is 1480. The molecule has 0 radical (unpaired) electrons. The van der Waals surface area contributed by atoms with Crippen LogP contribution in [0.4, 0.5) is 0 Å². The topological polar surface area (TPSA) is 133 Å². The number of H-pyrrole nitrogens is 1. The highest BCUT2D eigenvalue weighted by molar-refractivity contribution is 7.88. The highest BCUT2D eigenvalue weighted by atomic mass is 35.5. The van der Waals surface area contributed by atoms with Crippen molar-refractivity contribution in [2.75, 3.05) is 19.3 Å². The van der Waals surface area contributed by atoms with Crippen molar-refractivity contribution >= 4 is 44.8 Å². The zero-order valence-corrected chi connectivity index (χ0v) is 21.3. The molecule has 1 atom stereocenters. The third kappa shape index (κ3) is 4.65. The summed E-state index contributed by atoms with van der Waals surface area (Å²) in [5.41, 5.74) is 1.94. The van der Waals surface area contributed by atoms with Crippen LogP contribution in [0.1, 0.15) is 36.2 Å². The van der Waals surface area contributed by atoms with Gasteiger partial charge in [0.05, 0.1) is 36.8 Å². The first-order valence-corrected chi connectivity index (χ1v) is 13.9. The number of benzene rings is 1. The second kappa shape index (κ2) is 9.12. The zero-order chi connectivity index (χ0) is 24.8. The van der Waals surface area contributed by atoms with Gasteiger partial charge in [0.25, 0.3) is 5.56 Å². The largest absolute Gasteiger partial charge is 0.355 e. The van der Waals surface area contributed by atoms with Gasteiger partial charge < -0.3 is 10.6 Å². The van der Waals surface area contributed by atoms with E-state index in [1.54, 1.807) is 0 Å². The van der Waals surface area contributed by atoms with E-state index in [-0.39, 0.29) is 23.6 Å². The van der Waals surface area contributed by atoms with Gasteiger partial charge in [-0.15, -0.1) is 0 Å². The van der Waals surface area contributed by atoms with E-state index in [0.29, 0.717) is 40.4 Å². The maximum absolute atomic E-state index is 12.9. The number of guanidine groups is 1. The smallest absolute Gasteiger partial charge is 0.273 e. The lowest BCUT2D eigenvalue weighted by atomic mass is 9.62. The first kappa shape index (κ1) is 24.1. The van der Waals surface area contributed by atoms with Crippen LogP contribution in [-0.2, 0) is 22.0 Å². The summed E-state index contributed by atoms with van der Waals surface area (Å²) in [6.07, 6.45) is 3.88. The number of halogens is 2. The maximum Gasteiger partial charge on any atom is 0.273 e. The molecule has 13 heteroatoms. The summed E-state index contributed by atoms with van der Waals surface area (Å²) in [6, 6.07) is 8.84. The number of fused-ring (bicyclic) bond motifs is 1. The van der Waals surface area contributed by atoms with Gasteiger partial charge in [-0.05, 0) is 24.5 Å². The van der Waals surface area contributed by atoms with E-state index in [1.807, 2.05) is 24.3 Å². The van der Waals surface area contributed by atoms with Crippen LogP contribution in [0.5, 0.6) is 0 Å². The summed E-state index contributed by atoms with van der Waals surface area (Å²) in [6.45, 7) is 0.939. The van der Waals surface area contributed by atoms with Crippen molar-refractivity contribution < 1.29 is 8.42 Å². The summed E-state index contributed by atoms with van der Waals surface area (Å²) in [7, 11) is -3.30. The van der Waals surface area contributed by atoms with Crippen LogP contribution in [0.2, 0.25) is 10.0 Å². The van der Waals surface area contributed by atoms with Gasteiger partial charge in [-0.3, -0.25) is 14.9 Å². The lowest BCUT2D eigenvalue weighted by molar-refractivity contribution is 0.293. The van der Waals surface area contributed by atoms with Crippen LogP contribution in [0.15, 0.2) is 40.1 Å². The Hall–Kier alpha value is -2.60. The lowest BCUT2D eigenvalue weighted by Gasteiger charge is -2.42. The molecular weight excluding hydrogens is 513 g/mol. The predicted octanol–water partition coefficient (Wildman–Crippen LogP) is 1.77. The average Bonchev–Trinajstić information content (AvgIpc) is 3.10. The molecule has 186 valence electrons. The van der Waals surface area contributed by atoms with E-state index in [2.05, 4.69) is 30.4 Å². The summed E-state index contributed by atoms with van der Waals surface area (Å²) in [4.78, 5) is 21.8. The fourth-order valence-electron chi connectivity index (χ4n) is 4.72. The van der Waals surface area contributed by atoms with E-state index >= 15 is 0 Å². The van der Waals surface area contributed by atoms with Gasteiger partial charge in [0, 0.05) is 23.0 Å². The standard InChI is InChI=1S/C22H25Cl2N7O3S/c1-35(33,34)30-14-11-26-21(27-12-14)25-10-13-9-17(32)31-20(28-13)18(24)19(29-31)22(7-4-8-22)15-5-2-3-6-16(15)23/h2-3,5-6,9,14,29-30H,4,7-8,10-12H2,1H3,(H2,25,26,27). The fraction of sp³-hybridized carbons (Fsp3) is 0.409. The van der Waals surface area contributed by atoms with Gasteiger partial charge in [-0.1, -0.05) is 47.8 Å². The van der Waals surface area contributed by atoms with Gasteiger partial charge in [0.15, 0.2) is 11.6 Å². The molecule has 2 aromatic heterocycles. The highest BCUT2D eigenvalue weighted by Crippen LogP contribution is 2.52. The van der Waals surface area contributed by atoms with Crippen molar-refractivity contribution in [3.8, 4) is 0 Å². The molecule has 5 rings (SSSR count). The first-order chi connectivity index (χ1) is 16.7. The summed E-state index contributed by atoms with van der Waals surface area (Å²) < 4.78 is 26.6. The number of aromatic nitrogens is 3. The van der Waals surface area contributed by atoms with E-state index in [1.165, 1.54) is 10.6 Å². The number of nitrogens with zero attached hydrogens (tertiary/aromatic N) is 3. The number of aromatic amines is 1. The third-order valence-electron chi connectivity index (χ3n) is 6.49.